The summed E-state index contributed by atoms with van der Waals surface area (Å²) in [5.74, 6) is 0.849. The summed E-state index contributed by atoms with van der Waals surface area (Å²) < 4.78 is 0. The molecule has 0 atom stereocenters. The number of alkyl halides is 1. The number of amides is 1. The lowest BCUT2D eigenvalue weighted by Crippen LogP contribution is -2.44. The summed E-state index contributed by atoms with van der Waals surface area (Å²) in [5.41, 5.74) is 0. The molecule has 1 rings (SSSR count). The van der Waals surface area contributed by atoms with Crippen LogP contribution >= 0.6 is 11.6 Å². The van der Waals surface area contributed by atoms with Gasteiger partial charge in [0.2, 0.25) is 5.91 Å². The van der Waals surface area contributed by atoms with Crippen LogP contribution in [0.1, 0.15) is 39.0 Å². The van der Waals surface area contributed by atoms with Crippen LogP contribution in [-0.2, 0) is 4.79 Å². The highest BCUT2D eigenvalue weighted by molar-refractivity contribution is 6.17. The second-order valence-electron chi connectivity index (χ2n) is 4.42. The van der Waals surface area contributed by atoms with Crippen molar-refractivity contribution in [1.29, 1.82) is 0 Å². The highest BCUT2D eigenvalue weighted by atomic mass is 35.5. The van der Waals surface area contributed by atoms with Crippen molar-refractivity contribution in [3.63, 3.8) is 0 Å². The van der Waals surface area contributed by atoms with E-state index in [4.69, 9.17) is 11.6 Å². The molecule has 0 radical (unpaired) electrons. The van der Waals surface area contributed by atoms with E-state index in [9.17, 15) is 4.79 Å². The summed E-state index contributed by atoms with van der Waals surface area (Å²) in [4.78, 5) is 14.0. The quantitative estimate of drug-likeness (QED) is 0.574. The van der Waals surface area contributed by atoms with Crippen LogP contribution in [0, 0.1) is 0 Å². The molecule has 0 aromatic heterocycles. The maximum Gasteiger partial charge on any atom is 0.220 e. The predicted octanol–water partition coefficient (Wildman–Crippen LogP) is 2.00. The monoisotopic (exact) mass is 246 g/mol. The van der Waals surface area contributed by atoms with E-state index in [0.29, 0.717) is 18.3 Å². The van der Waals surface area contributed by atoms with Crippen LogP contribution in [0.5, 0.6) is 0 Å². The van der Waals surface area contributed by atoms with Gasteiger partial charge in [-0.3, -0.25) is 4.79 Å². The second-order valence-corrected chi connectivity index (χ2v) is 4.80. The van der Waals surface area contributed by atoms with Crippen LogP contribution < -0.4 is 5.32 Å². The molecule has 1 fully saturated rings. The van der Waals surface area contributed by atoms with Crippen molar-refractivity contribution in [2.24, 2.45) is 0 Å². The van der Waals surface area contributed by atoms with E-state index in [1.54, 1.807) is 0 Å². The molecule has 0 unspecified atom stereocenters. The normalized spacial score (nSPS) is 18.6. The number of piperidine rings is 1. The first-order valence-corrected chi connectivity index (χ1v) is 6.87. The highest BCUT2D eigenvalue weighted by Gasteiger charge is 2.19. The lowest BCUT2D eigenvalue weighted by molar-refractivity contribution is -0.122. The molecule has 0 aromatic rings. The van der Waals surface area contributed by atoms with Gasteiger partial charge in [-0.15, -0.1) is 11.6 Å². The van der Waals surface area contributed by atoms with Crippen LogP contribution in [0.2, 0.25) is 0 Å². The molecule has 3 nitrogen and oxygen atoms in total. The predicted molar refractivity (Wildman–Crippen MR) is 67.8 cm³/mol. The van der Waals surface area contributed by atoms with E-state index in [1.807, 2.05) is 0 Å². The number of carbonyl (C=O) groups excluding carboxylic acids is 1. The number of nitrogens with zero attached hydrogens (tertiary/aromatic N) is 1. The van der Waals surface area contributed by atoms with E-state index < -0.39 is 0 Å². The molecule has 94 valence electrons. The van der Waals surface area contributed by atoms with Crippen LogP contribution in [0.15, 0.2) is 0 Å². The number of halogens is 1. The molecule has 1 aliphatic rings. The first-order valence-electron chi connectivity index (χ1n) is 6.34. The Morgan fingerprint density at radius 3 is 2.62 bits per heavy atom. The number of nitrogens with one attached hydrogen (secondary N) is 1. The van der Waals surface area contributed by atoms with Crippen LogP contribution in [0.3, 0.4) is 0 Å². The largest absolute Gasteiger partial charge is 0.353 e. The molecule has 0 aromatic carbocycles. The van der Waals surface area contributed by atoms with Gasteiger partial charge >= 0.3 is 0 Å². The average molecular weight is 247 g/mol. The van der Waals surface area contributed by atoms with Gasteiger partial charge in [0.15, 0.2) is 0 Å². The standard InChI is InChI=1S/C12H23ClN2O/c1-2-15-9-6-11(7-10-15)14-12(16)5-3-4-8-13/h11H,2-10H2,1H3,(H,14,16). The first-order chi connectivity index (χ1) is 7.76. The Balaban J connectivity index is 2.10. The molecule has 4 heteroatoms. The summed E-state index contributed by atoms with van der Waals surface area (Å²) in [7, 11) is 0. The second kappa shape index (κ2) is 7.91. The molecule has 0 spiro atoms. The van der Waals surface area contributed by atoms with Gasteiger partial charge in [0.25, 0.3) is 0 Å². The third-order valence-electron chi connectivity index (χ3n) is 3.19. The third-order valence-corrected chi connectivity index (χ3v) is 3.45. The smallest absolute Gasteiger partial charge is 0.220 e. The van der Waals surface area contributed by atoms with Gasteiger partial charge < -0.3 is 10.2 Å². The summed E-state index contributed by atoms with van der Waals surface area (Å²) in [6, 6.07) is 0.395. The Labute approximate surface area is 104 Å². The summed E-state index contributed by atoms with van der Waals surface area (Å²) in [5, 5.41) is 3.11. The average Bonchev–Trinajstić information content (AvgIpc) is 2.30. The molecule has 0 saturated carbocycles. The SMILES string of the molecule is CCN1CCC(NC(=O)CCCCCl)CC1. The summed E-state index contributed by atoms with van der Waals surface area (Å²) in [6.07, 6.45) is 4.65. The Bertz CT molecular complexity index is 203. The Kier molecular flexibility index (Phi) is 6.81. The minimum absolute atomic E-state index is 0.195. The molecular weight excluding hydrogens is 224 g/mol. The number of rotatable bonds is 6. The van der Waals surface area contributed by atoms with Gasteiger partial charge in [0.05, 0.1) is 0 Å². The van der Waals surface area contributed by atoms with Crippen LogP contribution in [0.4, 0.5) is 0 Å². The Morgan fingerprint density at radius 2 is 2.06 bits per heavy atom. The number of unbranched alkanes of at least 4 members (excludes halogenated alkanes) is 1. The fourth-order valence-electron chi connectivity index (χ4n) is 2.07. The zero-order chi connectivity index (χ0) is 11.8. The lowest BCUT2D eigenvalue weighted by atomic mass is 10.0. The topological polar surface area (TPSA) is 32.3 Å². The van der Waals surface area contributed by atoms with Crippen molar-refractivity contribution >= 4 is 17.5 Å². The molecule has 1 N–H and O–H groups in total. The summed E-state index contributed by atoms with van der Waals surface area (Å²) in [6.45, 7) is 5.54. The van der Waals surface area contributed by atoms with Gasteiger partial charge in [0, 0.05) is 31.4 Å². The van der Waals surface area contributed by atoms with Crippen molar-refractivity contribution in [3.05, 3.63) is 0 Å². The van der Waals surface area contributed by atoms with Gasteiger partial charge in [-0.1, -0.05) is 6.92 Å². The van der Waals surface area contributed by atoms with E-state index in [2.05, 4.69) is 17.1 Å². The van der Waals surface area contributed by atoms with E-state index in [0.717, 1.165) is 45.3 Å². The Morgan fingerprint density at radius 1 is 1.38 bits per heavy atom. The molecule has 0 bridgehead atoms. The zero-order valence-electron chi connectivity index (χ0n) is 10.2. The minimum Gasteiger partial charge on any atom is -0.353 e. The fraction of sp³-hybridized carbons (Fsp3) is 0.917. The maximum atomic E-state index is 11.6. The van der Waals surface area contributed by atoms with Crippen molar-refractivity contribution in [3.8, 4) is 0 Å². The molecule has 1 aliphatic heterocycles. The molecule has 16 heavy (non-hydrogen) atoms. The van der Waals surface area contributed by atoms with Crippen LogP contribution in [-0.4, -0.2) is 42.4 Å². The minimum atomic E-state index is 0.195. The van der Waals surface area contributed by atoms with E-state index in [1.165, 1.54) is 0 Å². The van der Waals surface area contributed by atoms with Crippen molar-refractivity contribution in [1.82, 2.24) is 10.2 Å². The molecule has 1 saturated heterocycles. The van der Waals surface area contributed by atoms with Crippen LogP contribution in [0.25, 0.3) is 0 Å². The van der Waals surface area contributed by atoms with Gasteiger partial charge in [-0.05, 0) is 32.2 Å². The van der Waals surface area contributed by atoms with Crippen molar-refractivity contribution in [2.75, 3.05) is 25.5 Å². The van der Waals surface area contributed by atoms with Gasteiger partial charge in [0.1, 0.15) is 0 Å². The highest BCUT2D eigenvalue weighted by Crippen LogP contribution is 2.10. The third kappa shape index (κ3) is 5.17. The fourth-order valence-corrected chi connectivity index (χ4v) is 2.26. The molecule has 1 amide bonds. The number of hydrogen-bond donors (Lipinski definition) is 1. The van der Waals surface area contributed by atoms with Crippen molar-refractivity contribution < 1.29 is 4.79 Å². The first kappa shape index (κ1) is 13.8. The molecular formula is C12H23ClN2O. The lowest BCUT2D eigenvalue weighted by Gasteiger charge is -2.31. The van der Waals surface area contributed by atoms with Gasteiger partial charge in [-0.2, -0.15) is 0 Å². The number of carbonyl (C=O) groups is 1. The molecule has 0 aliphatic carbocycles. The van der Waals surface area contributed by atoms with E-state index >= 15 is 0 Å². The Hall–Kier alpha value is -0.280. The maximum absolute atomic E-state index is 11.6. The molecule has 1 heterocycles. The number of likely N-dealkylation sites (tertiary alicyclic amines) is 1. The zero-order valence-corrected chi connectivity index (χ0v) is 10.9. The summed E-state index contributed by atoms with van der Waals surface area (Å²) >= 11 is 5.57. The van der Waals surface area contributed by atoms with Gasteiger partial charge in [-0.25, -0.2) is 0 Å². The number of hydrogen-bond acceptors (Lipinski definition) is 2. The van der Waals surface area contributed by atoms with E-state index in [-0.39, 0.29) is 5.91 Å². The van der Waals surface area contributed by atoms with Crippen molar-refractivity contribution in [2.45, 2.75) is 45.1 Å².